The fraction of sp³-hybridized carbons (Fsp3) is 0.115. The Morgan fingerprint density at radius 2 is 1.88 bits per heavy atom. The smallest absolute Gasteiger partial charge is 0.301 e. The van der Waals surface area contributed by atoms with E-state index in [9.17, 15) is 19.1 Å². The number of amides is 1. The van der Waals surface area contributed by atoms with Gasteiger partial charge >= 0.3 is 5.91 Å². The van der Waals surface area contributed by atoms with Crippen LogP contribution in [0, 0.1) is 5.82 Å². The van der Waals surface area contributed by atoms with Gasteiger partial charge in [-0.2, -0.15) is 0 Å². The van der Waals surface area contributed by atoms with Crippen molar-refractivity contribution >= 4 is 44.1 Å². The molecular weight excluding hydrogens is 455 g/mol. The number of Topliss-reactive ketones (excluding diaryl/α,β-unsaturated/α-hetero) is 1. The van der Waals surface area contributed by atoms with Crippen LogP contribution in [0.3, 0.4) is 0 Å². The van der Waals surface area contributed by atoms with Crippen molar-refractivity contribution in [3.05, 3.63) is 95.3 Å². The zero-order valence-corrected chi connectivity index (χ0v) is 18.9. The number of aromatic nitrogens is 1. The van der Waals surface area contributed by atoms with Crippen molar-refractivity contribution in [3.8, 4) is 5.75 Å². The molecule has 1 aliphatic heterocycles. The SMILES string of the molecule is CCOc1cccc(C2/C(=C(\O)c3ccccc3)C(=O)C(=O)N2c2nc3ccc(F)cc3s2)c1. The summed E-state index contributed by atoms with van der Waals surface area (Å²) in [4.78, 5) is 32.3. The number of nitrogens with zero attached hydrogens (tertiary/aromatic N) is 2. The van der Waals surface area contributed by atoms with E-state index in [1.54, 1.807) is 54.6 Å². The lowest BCUT2D eigenvalue weighted by Gasteiger charge is -2.23. The van der Waals surface area contributed by atoms with Crippen molar-refractivity contribution in [2.75, 3.05) is 11.5 Å². The van der Waals surface area contributed by atoms with Crippen LogP contribution in [-0.2, 0) is 9.59 Å². The molecule has 0 spiro atoms. The van der Waals surface area contributed by atoms with Gasteiger partial charge in [-0.25, -0.2) is 9.37 Å². The first-order valence-electron chi connectivity index (χ1n) is 10.6. The molecule has 3 aromatic carbocycles. The summed E-state index contributed by atoms with van der Waals surface area (Å²) in [5.41, 5.74) is 1.45. The highest BCUT2D eigenvalue weighted by atomic mass is 32.1. The molecule has 1 saturated heterocycles. The van der Waals surface area contributed by atoms with Crippen LogP contribution >= 0.6 is 11.3 Å². The van der Waals surface area contributed by atoms with Gasteiger partial charge in [0.25, 0.3) is 5.78 Å². The molecule has 1 aliphatic rings. The average Bonchev–Trinajstić information content (AvgIpc) is 3.37. The Kier molecular flexibility index (Phi) is 5.59. The minimum atomic E-state index is -0.939. The molecule has 1 fully saturated rings. The molecule has 0 bridgehead atoms. The molecule has 2 heterocycles. The topological polar surface area (TPSA) is 79.7 Å². The lowest BCUT2D eigenvalue weighted by atomic mass is 9.95. The summed E-state index contributed by atoms with van der Waals surface area (Å²) in [7, 11) is 0. The van der Waals surface area contributed by atoms with Gasteiger partial charge in [-0.3, -0.25) is 14.5 Å². The average molecular weight is 475 g/mol. The first-order valence-corrected chi connectivity index (χ1v) is 11.4. The number of aliphatic hydroxyl groups excluding tert-OH is 1. The van der Waals surface area contributed by atoms with E-state index in [-0.39, 0.29) is 16.5 Å². The molecule has 0 radical (unpaired) electrons. The molecule has 4 aromatic rings. The number of rotatable bonds is 5. The van der Waals surface area contributed by atoms with Gasteiger partial charge in [0.05, 0.1) is 28.4 Å². The van der Waals surface area contributed by atoms with Crippen LogP contribution < -0.4 is 9.64 Å². The number of ether oxygens (including phenoxy) is 1. The molecule has 1 aromatic heterocycles. The highest BCUT2D eigenvalue weighted by Gasteiger charge is 2.48. The van der Waals surface area contributed by atoms with Gasteiger partial charge in [0.15, 0.2) is 5.13 Å². The van der Waals surface area contributed by atoms with Crippen LogP contribution in [0.2, 0.25) is 0 Å². The lowest BCUT2D eigenvalue weighted by molar-refractivity contribution is -0.132. The quantitative estimate of drug-likeness (QED) is 0.236. The summed E-state index contributed by atoms with van der Waals surface area (Å²) >= 11 is 1.10. The number of aliphatic hydroxyl groups is 1. The highest BCUT2D eigenvalue weighted by Crippen LogP contribution is 2.44. The van der Waals surface area contributed by atoms with Crippen molar-refractivity contribution in [2.24, 2.45) is 0 Å². The number of carbonyl (C=O) groups is 2. The summed E-state index contributed by atoms with van der Waals surface area (Å²) in [5, 5.41) is 11.4. The summed E-state index contributed by atoms with van der Waals surface area (Å²) in [6.45, 7) is 2.30. The zero-order chi connectivity index (χ0) is 23.8. The minimum Gasteiger partial charge on any atom is -0.507 e. The molecule has 5 rings (SSSR count). The van der Waals surface area contributed by atoms with Crippen LogP contribution in [0.15, 0.2) is 78.4 Å². The standard InChI is InChI=1S/C26H19FN2O4S/c1-2-33-18-10-6-9-16(13-18)22-21(23(30)15-7-4-3-5-8-15)24(31)25(32)29(22)26-28-19-12-11-17(27)14-20(19)34-26/h3-14,22,30H,2H2,1H3/b23-21+. The second-order valence-electron chi connectivity index (χ2n) is 7.65. The number of hydrogen-bond donors (Lipinski definition) is 1. The van der Waals surface area contributed by atoms with Crippen molar-refractivity contribution in [1.29, 1.82) is 0 Å². The van der Waals surface area contributed by atoms with Crippen molar-refractivity contribution in [2.45, 2.75) is 13.0 Å². The maximum atomic E-state index is 13.8. The number of halogens is 1. The number of ketones is 1. The van der Waals surface area contributed by atoms with Gasteiger partial charge in [-0.05, 0) is 42.8 Å². The van der Waals surface area contributed by atoms with Gasteiger partial charge in [0.2, 0.25) is 0 Å². The van der Waals surface area contributed by atoms with Gasteiger partial charge in [-0.1, -0.05) is 53.8 Å². The number of anilines is 1. The van der Waals surface area contributed by atoms with E-state index in [0.717, 1.165) is 11.3 Å². The predicted octanol–water partition coefficient (Wildman–Crippen LogP) is 5.46. The Labute approximate surface area is 198 Å². The number of thiazole rings is 1. The molecule has 170 valence electrons. The number of carbonyl (C=O) groups excluding carboxylic acids is 2. The Balaban J connectivity index is 1.73. The fourth-order valence-corrected chi connectivity index (χ4v) is 5.04. The van der Waals surface area contributed by atoms with E-state index < -0.39 is 23.5 Å². The number of hydrogen-bond acceptors (Lipinski definition) is 6. The van der Waals surface area contributed by atoms with Crippen molar-refractivity contribution in [3.63, 3.8) is 0 Å². The van der Waals surface area contributed by atoms with Crippen LogP contribution in [0.1, 0.15) is 24.1 Å². The third-order valence-electron chi connectivity index (χ3n) is 5.52. The first-order chi connectivity index (χ1) is 16.5. The normalized spacial score (nSPS) is 17.5. The summed E-state index contributed by atoms with van der Waals surface area (Å²) < 4.78 is 19.9. The number of fused-ring (bicyclic) bond motifs is 1. The molecule has 1 N–H and O–H groups in total. The Morgan fingerprint density at radius 3 is 2.65 bits per heavy atom. The zero-order valence-electron chi connectivity index (χ0n) is 18.1. The van der Waals surface area contributed by atoms with Crippen molar-refractivity contribution < 1.29 is 23.8 Å². The monoisotopic (exact) mass is 474 g/mol. The molecule has 8 heteroatoms. The van der Waals surface area contributed by atoms with Crippen LogP contribution in [-0.4, -0.2) is 28.4 Å². The van der Waals surface area contributed by atoms with E-state index in [4.69, 9.17) is 4.74 Å². The largest absolute Gasteiger partial charge is 0.507 e. The van der Waals surface area contributed by atoms with E-state index in [0.29, 0.717) is 33.7 Å². The summed E-state index contributed by atoms with van der Waals surface area (Å²) in [5.74, 6) is -1.77. The van der Waals surface area contributed by atoms with E-state index in [1.807, 2.05) is 6.92 Å². The first kappa shape index (κ1) is 21.8. The van der Waals surface area contributed by atoms with Crippen LogP contribution in [0.5, 0.6) is 5.75 Å². The van der Waals surface area contributed by atoms with Gasteiger partial charge < -0.3 is 9.84 Å². The number of benzene rings is 3. The maximum Gasteiger partial charge on any atom is 0.301 e. The molecule has 6 nitrogen and oxygen atoms in total. The Hall–Kier alpha value is -4.04. The molecule has 1 amide bonds. The highest BCUT2D eigenvalue weighted by molar-refractivity contribution is 7.22. The van der Waals surface area contributed by atoms with E-state index in [2.05, 4.69) is 4.98 Å². The van der Waals surface area contributed by atoms with E-state index in [1.165, 1.54) is 23.1 Å². The molecule has 34 heavy (non-hydrogen) atoms. The summed E-state index contributed by atoms with van der Waals surface area (Å²) in [6, 6.07) is 18.8. The minimum absolute atomic E-state index is 0.0460. The molecular formula is C26H19FN2O4S. The molecule has 1 unspecified atom stereocenters. The third kappa shape index (κ3) is 3.72. The van der Waals surface area contributed by atoms with Crippen molar-refractivity contribution in [1.82, 2.24) is 4.98 Å². The van der Waals surface area contributed by atoms with Gasteiger partial charge in [-0.15, -0.1) is 0 Å². The lowest BCUT2D eigenvalue weighted by Crippen LogP contribution is -2.29. The second kappa shape index (κ2) is 8.72. The predicted molar refractivity (Wildman–Crippen MR) is 128 cm³/mol. The van der Waals surface area contributed by atoms with Gasteiger partial charge in [0.1, 0.15) is 17.3 Å². The molecule has 0 aliphatic carbocycles. The maximum absolute atomic E-state index is 13.8. The fourth-order valence-electron chi connectivity index (χ4n) is 4.03. The second-order valence-corrected chi connectivity index (χ2v) is 8.66. The Bertz CT molecular complexity index is 1450. The van der Waals surface area contributed by atoms with E-state index >= 15 is 0 Å². The summed E-state index contributed by atoms with van der Waals surface area (Å²) in [6.07, 6.45) is 0. The molecule has 0 saturated carbocycles. The van der Waals surface area contributed by atoms with Crippen LogP contribution in [0.25, 0.3) is 16.0 Å². The van der Waals surface area contributed by atoms with Crippen LogP contribution in [0.4, 0.5) is 9.52 Å². The third-order valence-corrected chi connectivity index (χ3v) is 6.54. The van der Waals surface area contributed by atoms with Gasteiger partial charge in [0, 0.05) is 5.56 Å². The molecule has 1 atom stereocenters. The Morgan fingerprint density at radius 1 is 1.09 bits per heavy atom.